The molecule has 0 aliphatic carbocycles. The number of hydrogen-bond acceptors (Lipinski definition) is 4. The quantitative estimate of drug-likeness (QED) is 0.720. The van der Waals surface area contributed by atoms with Gasteiger partial charge in [0.2, 0.25) is 0 Å². The van der Waals surface area contributed by atoms with Crippen LogP contribution in [0.15, 0.2) is 53.1 Å². The lowest BCUT2D eigenvalue weighted by Crippen LogP contribution is -2.26. The van der Waals surface area contributed by atoms with Gasteiger partial charge in [0.15, 0.2) is 5.82 Å². The minimum atomic E-state index is -0.0572. The molecule has 3 rings (SSSR count). The van der Waals surface area contributed by atoms with Crippen molar-refractivity contribution in [1.82, 2.24) is 15.0 Å². The van der Waals surface area contributed by atoms with Gasteiger partial charge in [0, 0.05) is 29.7 Å². The van der Waals surface area contributed by atoms with Crippen LogP contribution in [0.25, 0.3) is 11.5 Å². The van der Waals surface area contributed by atoms with Gasteiger partial charge in [-0.15, -0.1) is 0 Å². The lowest BCUT2D eigenvalue weighted by atomic mass is 10.1. The molecule has 0 radical (unpaired) electrons. The summed E-state index contributed by atoms with van der Waals surface area (Å²) in [5.41, 5.74) is 2.41. The molecule has 0 aliphatic rings. The molecule has 0 bridgehead atoms. The Morgan fingerprint density at radius 3 is 2.38 bits per heavy atom. The van der Waals surface area contributed by atoms with Crippen molar-refractivity contribution in [2.45, 2.75) is 13.5 Å². The molecule has 1 amide bonds. The predicted octanol–water partition coefficient (Wildman–Crippen LogP) is 3.97. The van der Waals surface area contributed by atoms with Crippen molar-refractivity contribution in [1.29, 1.82) is 0 Å². The van der Waals surface area contributed by atoms with Crippen LogP contribution in [0, 0.1) is 6.92 Å². The van der Waals surface area contributed by atoms with Crippen LogP contribution in [-0.4, -0.2) is 28.0 Å². The Kier molecular flexibility index (Phi) is 4.62. The second-order valence-corrected chi connectivity index (χ2v) is 5.95. The summed E-state index contributed by atoms with van der Waals surface area (Å²) in [6.07, 6.45) is 0. The van der Waals surface area contributed by atoms with E-state index in [0.29, 0.717) is 28.8 Å². The molecule has 0 saturated carbocycles. The van der Waals surface area contributed by atoms with Crippen LogP contribution in [0.2, 0.25) is 5.02 Å². The maximum absolute atomic E-state index is 12.5. The number of aromatic nitrogens is 2. The molecule has 24 heavy (non-hydrogen) atoms. The largest absolute Gasteiger partial charge is 0.337 e. The molecule has 0 aliphatic heterocycles. The molecular weight excluding hydrogens is 326 g/mol. The Labute approximate surface area is 144 Å². The lowest BCUT2D eigenvalue weighted by molar-refractivity contribution is 0.0785. The lowest BCUT2D eigenvalue weighted by Gasteiger charge is -2.17. The molecule has 2 aromatic carbocycles. The fourth-order valence-corrected chi connectivity index (χ4v) is 2.45. The summed E-state index contributed by atoms with van der Waals surface area (Å²) in [5, 5.41) is 4.44. The molecule has 0 atom stereocenters. The van der Waals surface area contributed by atoms with E-state index in [0.717, 1.165) is 11.1 Å². The second kappa shape index (κ2) is 6.84. The Balaban J connectivity index is 1.71. The maximum Gasteiger partial charge on any atom is 0.257 e. The number of nitrogens with zero attached hydrogens (tertiary/aromatic N) is 3. The summed E-state index contributed by atoms with van der Waals surface area (Å²) in [7, 11) is 1.77. The SMILES string of the molecule is Cc1noc(-c2ccc(C(=O)N(C)Cc3ccc(Cl)cc3)cc2)n1. The van der Waals surface area contributed by atoms with Crippen molar-refractivity contribution in [2.75, 3.05) is 7.05 Å². The van der Waals surface area contributed by atoms with Gasteiger partial charge in [-0.3, -0.25) is 4.79 Å². The summed E-state index contributed by atoms with van der Waals surface area (Å²) >= 11 is 5.88. The summed E-state index contributed by atoms with van der Waals surface area (Å²) < 4.78 is 5.12. The van der Waals surface area contributed by atoms with Gasteiger partial charge < -0.3 is 9.42 Å². The topological polar surface area (TPSA) is 59.2 Å². The monoisotopic (exact) mass is 341 g/mol. The Morgan fingerprint density at radius 1 is 1.12 bits per heavy atom. The molecule has 3 aromatic rings. The summed E-state index contributed by atoms with van der Waals surface area (Å²) in [6.45, 7) is 2.28. The first-order chi connectivity index (χ1) is 11.5. The molecule has 0 fully saturated rings. The average Bonchev–Trinajstić information content (AvgIpc) is 3.03. The van der Waals surface area contributed by atoms with Crippen molar-refractivity contribution in [3.05, 3.63) is 70.5 Å². The van der Waals surface area contributed by atoms with Crippen molar-refractivity contribution >= 4 is 17.5 Å². The third-order valence-electron chi connectivity index (χ3n) is 3.59. The number of carbonyl (C=O) groups excluding carboxylic acids is 1. The smallest absolute Gasteiger partial charge is 0.257 e. The van der Waals surface area contributed by atoms with E-state index in [2.05, 4.69) is 10.1 Å². The van der Waals surface area contributed by atoms with Gasteiger partial charge in [-0.2, -0.15) is 4.98 Å². The van der Waals surface area contributed by atoms with Crippen LogP contribution < -0.4 is 0 Å². The summed E-state index contributed by atoms with van der Waals surface area (Å²) in [5.74, 6) is 0.965. The predicted molar refractivity (Wildman–Crippen MR) is 91.7 cm³/mol. The van der Waals surface area contributed by atoms with E-state index in [-0.39, 0.29) is 5.91 Å². The van der Waals surface area contributed by atoms with Gasteiger partial charge in [0.25, 0.3) is 11.8 Å². The second-order valence-electron chi connectivity index (χ2n) is 5.51. The molecule has 0 unspecified atom stereocenters. The number of rotatable bonds is 4. The van der Waals surface area contributed by atoms with Crippen LogP contribution in [0.5, 0.6) is 0 Å². The van der Waals surface area contributed by atoms with Crippen LogP contribution in [0.3, 0.4) is 0 Å². The first kappa shape index (κ1) is 16.2. The third-order valence-corrected chi connectivity index (χ3v) is 3.84. The van der Waals surface area contributed by atoms with E-state index in [4.69, 9.17) is 16.1 Å². The van der Waals surface area contributed by atoms with Crippen LogP contribution in [-0.2, 0) is 6.54 Å². The maximum atomic E-state index is 12.5. The average molecular weight is 342 g/mol. The van der Waals surface area contributed by atoms with E-state index >= 15 is 0 Å². The van der Waals surface area contributed by atoms with E-state index in [9.17, 15) is 4.79 Å². The van der Waals surface area contributed by atoms with E-state index in [1.54, 1.807) is 43.1 Å². The van der Waals surface area contributed by atoms with Crippen molar-refractivity contribution in [3.63, 3.8) is 0 Å². The first-order valence-electron chi connectivity index (χ1n) is 7.43. The summed E-state index contributed by atoms with van der Waals surface area (Å²) in [4.78, 5) is 18.3. The van der Waals surface area contributed by atoms with E-state index < -0.39 is 0 Å². The Bertz CT molecular complexity index is 841. The standard InChI is InChI=1S/C18H16ClN3O2/c1-12-20-17(24-21-12)14-5-7-15(8-6-14)18(23)22(2)11-13-3-9-16(19)10-4-13/h3-10H,11H2,1-2H3. The minimum Gasteiger partial charge on any atom is -0.337 e. The zero-order valence-corrected chi connectivity index (χ0v) is 14.1. The molecular formula is C18H16ClN3O2. The van der Waals surface area contributed by atoms with Crippen LogP contribution >= 0.6 is 11.6 Å². The first-order valence-corrected chi connectivity index (χ1v) is 7.81. The molecule has 6 heteroatoms. The molecule has 0 spiro atoms. The Morgan fingerprint density at radius 2 is 1.79 bits per heavy atom. The van der Waals surface area contributed by atoms with Gasteiger partial charge in [-0.05, 0) is 48.9 Å². The zero-order chi connectivity index (χ0) is 17.1. The Hall–Kier alpha value is -2.66. The highest BCUT2D eigenvalue weighted by Crippen LogP contribution is 2.19. The van der Waals surface area contributed by atoms with Gasteiger partial charge >= 0.3 is 0 Å². The van der Waals surface area contributed by atoms with Crippen molar-refractivity contribution in [2.24, 2.45) is 0 Å². The van der Waals surface area contributed by atoms with Crippen molar-refractivity contribution < 1.29 is 9.32 Å². The number of carbonyl (C=O) groups is 1. The van der Waals surface area contributed by atoms with E-state index in [1.807, 2.05) is 24.3 Å². The number of aryl methyl sites for hydroxylation is 1. The number of amides is 1. The number of hydrogen-bond donors (Lipinski definition) is 0. The van der Waals surface area contributed by atoms with Gasteiger partial charge in [-0.25, -0.2) is 0 Å². The van der Waals surface area contributed by atoms with Crippen LogP contribution in [0.1, 0.15) is 21.7 Å². The molecule has 0 N–H and O–H groups in total. The molecule has 1 heterocycles. The minimum absolute atomic E-state index is 0.0572. The molecule has 5 nitrogen and oxygen atoms in total. The van der Waals surface area contributed by atoms with Gasteiger partial charge in [0.05, 0.1) is 0 Å². The molecule has 0 saturated heterocycles. The zero-order valence-electron chi connectivity index (χ0n) is 13.4. The van der Waals surface area contributed by atoms with E-state index in [1.165, 1.54) is 0 Å². The van der Waals surface area contributed by atoms with Crippen LogP contribution in [0.4, 0.5) is 0 Å². The molecule has 122 valence electrons. The van der Waals surface area contributed by atoms with Gasteiger partial charge in [0.1, 0.15) is 0 Å². The molecule has 1 aromatic heterocycles. The summed E-state index contributed by atoms with van der Waals surface area (Å²) in [6, 6.07) is 14.6. The van der Waals surface area contributed by atoms with Crippen molar-refractivity contribution in [3.8, 4) is 11.5 Å². The number of halogens is 1. The normalized spacial score (nSPS) is 10.6. The fraction of sp³-hybridized carbons (Fsp3) is 0.167. The highest BCUT2D eigenvalue weighted by molar-refractivity contribution is 6.30. The fourth-order valence-electron chi connectivity index (χ4n) is 2.33. The highest BCUT2D eigenvalue weighted by Gasteiger charge is 2.13. The van der Waals surface area contributed by atoms with Gasteiger partial charge in [-0.1, -0.05) is 28.9 Å². The highest BCUT2D eigenvalue weighted by atomic mass is 35.5. The number of benzene rings is 2. The third kappa shape index (κ3) is 3.63.